The van der Waals surface area contributed by atoms with Crippen LogP contribution in [0.15, 0.2) is 66.6 Å². The van der Waals surface area contributed by atoms with E-state index in [-0.39, 0.29) is 11.6 Å². The molecule has 0 aliphatic carbocycles. The normalized spacial score (nSPS) is 25.0. The fraction of sp³-hybridized carbons (Fsp3) is 0.278. The third-order valence-electron chi connectivity index (χ3n) is 4.57. The number of aromatic nitrogens is 2. The molecule has 1 aromatic carbocycles. The van der Waals surface area contributed by atoms with Crippen molar-refractivity contribution >= 4 is 11.3 Å². The lowest BCUT2D eigenvalue weighted by Gasteiger charge is -2.33. The first kappa shape index (κ1) is 14.6. The van der Waals surface area contributed by atoms with Gasteiger partial charge in [0.05, 0.1) is 6.33 Å². The van der Waals surface area contributed by atoms with Gasteiger partial charge in [-0.1, -0.05) is 36.4 Å². The summed E-state index contributed by atoms with van der Waals surface area (Å²) in [6.07, 6.45) is 6.71. The van der Waals surface area contributed by atoms with Gasteiger partial charge in [-0.15, -0.1) is 11.3 Å². The Hall–Kier alpha value is -1.95. The number of benzene rings is 1. The third kappa shape index (κ3) is 2.61. The van der Waals surface area contributed by atoms with Crippen molar-refractivity contribution in [2.45, 2.75) is 24.6 Å². The van der Waals surface area contributed by atoms with E-state index in [1.807, 2.05) is 36.9 Å². The number of thiophene rings is 1. The average molecular weight is 325 g/mol. The summed E-state index contributed by atoms with van der Waals surface area (Å²) in [6, 6.07) is 14.8. The summed E-state index contributed by atoms with van der Waals surface area (Å²) in [4.78, 5) is 11.8. The topological polar surface area (TPSA) is 30.3 Å². The van der Waals surface area contributed by atoms with E-state index in [1.54, 1.807) is 11.3 Å². The largest absolute Gasteiger partial charge is 0.335 e. The zero-order chi connectivity index (χ0) is 15.7. The molecule has 1 aliphatic rings. The average Bonchev–Trinajstić information content (AvgIpc) is 3.31. The van der Waals surface area contributed by atoms with E-state index in [1.165, 1.54) is 10.4 Å². The monoisotopic (exact) mass is 325 g/mol. The van der Waals surface area contributed by atoms with Crippen LogP contribution in [0.5, 0.6) is 0 Å². The molecule has 0 radical (unpaired) electrons. The van der Waals surface area contributed by atoms with Crippen molar-refractivity contribution in [1.82, 2.24) is 14.6 Å². The van der Waals surface area contributed by atoms with Crippen molar-refractivity contribution in [2.24, 2.45) is 0 Å². The zero-order valence-electron chi connectivity index (χ0n) is 13.0. The Labute approximate surface area is 139 Å². The predicted molar refractivity (Wildman–Crippen MR) is 90.9 cm³/mol. The second-order valence-electron chi connectivity index (χ2n) is 5.95. The van der Waals surface area contributed by atoms with Crippen LogP contribution < -0.4 is 0 Å². The highest BCUT2D eigenvalue weighted by molar-refractivity contribution is 7.10. The van der Waals surface area contributed by atoms with Crippen LogP contribution in [-0.2, 0) is 16.9 Å². The van der Waals surface area contributed by atoms with Gasteiger partial charge in [0, 0.05) is 37.3 Å². The van der Waals surface area contributed by atoms with Crippen molar-refractivity contribution in [3.63, 3.8) is 0 Å². The molecule has 0 bridgehead atoms. The molecule has 2 aromatic heterocycles. The number of hydrogen-bond acceptors (Lipinski definition) is 4. The van der Waals surface area contributed by atoms with Crippen LogP contribution in [0.4, 0.5) is 0 Å². The summed E-state index contributed by atoms with van der Waals surface area (Å²) in [6.45, 7) is 0.827. The number of hydrogen-bond donors (Lipinski definition) is 0. The van der Waals surface area contributed by atoms with Gasteiger partial charge in [0.25, 0.3) is 0 Å². The number of rotatable bonds is 4. The molecule has 0 spiro atoms. The van der Waals surface area contributed by atoms with Crippen molar-refractivity contribution in [3.8, 4) is 0 Å². The van der Waals surface area contributed by atoms with Crippen LogP contribution in [0, 0.1) is 0 Å². The second-order valence-corrected chi connectivity index (χ2v) is 6.90. The molecule has 4 rings (SSSR count). The smallest absolute Gasteiger partial charge is 0.107 e. The molecule has 0 saturated carbocycles. The maximum Gasteiger partial charge on any atom is 0.107 e. The first-order valence-corrected chi connectivity index (χ1v) is 8.61. The minimum atomic E-state index is -0.171. The van der Waals surface area contributed by atoms with Crippen molar-refractivity contribution < 1.29 is 4.84 Å². The second kappa shape index (κ2) is 5.92. The SMILES string of the molecule is CN1OC(c2ccccc2)CC1(Cn1ccnc1)c1cccs1. The molecule has 2 atom stereocenters. The van der Waals surface area contributed by atoms with Crippen molar-refractivity contribution in [3.05, 3.63) is 77.0 Å². The van der Waals surface area contributed by atoms with Crippen molar-refractivity contribution in [2.75, 3.05) is 7.05 Å². The number of nitrogens with zero attached hydrogens (tertiary/aromatic N) is 3. The molecular formula is C18H19N3OS. The zero-order valence-corrected chi connectivity index (χ0v) is 13.8. The third-order valence-corrected chi connectivity index (χ3v) is 5.63. The van der Waals surface area contributed by atoms with Crippen molar-refractivity contribution in [1.29, 1.82) is 0 Å². The first-order chi connectivity index (χ1) is 11.3. The fourth-order valence-electron chi connectivity index (χ4n) is 3.33. The molecule has 1 aliphatic heterocycles. The molecule has 5 heteroatoms. The maximum absolute atomic E-state index is 6.24. The van der Waals surface area contributed by atoms with Crippen LogP contribution >= 0.6 is 11.3 Å². The van der Waals surface area contributed by atoms with Crippen LogP contribution in [0.2, 0.25) is 0 Å². The minimum Gasteiger partial charge on any atom is -0.335 e. The van der Waals surface area contributed by atoms with Crippen LogP contribution in [-0.4, -0.2) is 21.7 Å². The Bertz CT molecular complexity index is 742. The van der Waals surface area contributed by atoms with Gasteiger partial charge >= 0.3 is 0 Å². The molecular weight excluding hydrogens is 306 g/mol. The minimum absolute atomic E-state index is 0.0758. The number of imidazole rings is 1. The lowest BCUT2D eigenvalue weighted by atomic mass is 9.89. The van der Waals surface area contributed by atoms with Gasteiger partial charge in [-0.25, -0.2) is 4.98 Å². The fourth-order valence-corrected chi connectivity index (χ4v) is 4.29. The molecule has 3 heterocycles. The lowest BCUT2D eigenvalue weighted by Crippen LogP contribution is -2.40. The van der Waals surface area contributed by atoms with Gasteiger partial charge in [0.1, 0.15) is 11.6 Å². The van der Waals surface area contributed by atoms with Gasteiger partial charge in [-0.05, 0) is 17.0 Å². The summed E-state index contributed by atoms with van der Waals surface area (Å²) >= 11 is 1.79. The quantitative estimate of drug-likeness (QED) is 0.730. The van der Waals surface area contributed by atoms with Gasteiger partial charge in [-0.3, -0.25) is 4.84 Å². The van der Waals surface area contributed by atoms with E-state index in [9.17, 15) is 0 Å². The Balaban J connectivity index is 1.71. The number of likely N-dealkylation sites (N-methyl/N-ethyl adjacent to an activating group) is 1. The summed E-state index contributed by atoms with van der Waals surface area (Å²) in [5.74, 6) is 0. The predicted octanol–water partition coefficient (Wildman–Crippen LogP) is 3.85. The summed E-state index contributed by atoms with van der Waals surface area (Å²) in [7, 11) is 2.04. The number of hydroxylamine groups is 2. The Kier molecular flexibility index (Phi) is 3.77. The van der Waals surface area contributed by atoms with Gasteiger partial charge in [0.2, 0.25) is 0 Å². The van der Waals surface area contributed by atoms with Gasteiger partial charge in [0.15, 0.2) is 0 Å². The molecule has 3 aromatic rings. The highest BCUT2D eigenvalue weighted by Gasteiger charge is 2.48. The Morgan fingerprint density at radius 2 is 2.13 bits per heavy atom. The van der Waals surface area contributed by atoms with E-state index in [0.29, 0.717) is 0 Å². The van der Waals surface area contributed by atoms with Crippen LogP contribution in [0.25, 0.3) is 0 Å². The van der Waals surface area contributed by atoms with E-state index < -0.39 is 0 Å². The molecule has 4 nitrogen and oxygen atoms in total. The molecule has 0 N–H and O–H groups in total. The summed E-state index contributed by atoms with van der Waals surface area (Å²) in [5, 5.41) is 4.17. The highest BCUT2D eigenvalue weighted by Crippen LogP contribution is 2.48. The highest BCUT2D eigenvalue weighted by atomic mass is 32.1. The molecule has 118 valence electrons. The van der Waals surface area contributed by atoms with Crippen LogP contribution in [0.3, 0.4) is 0 Å². The Morgan fingerprint density at radius 3 is 2.83 bits per heavy atom. The molecule has 23 heavy (non-hydrogen) atoms. The van der Waals surface area contributed by atoms with Gasteiger partial charge in [-0.2, -0.15) is 5.06 Å². The van der Waals surface area contributed by atoms with E-state index >= 15 is 0 Å². The molecule has 2 unspecified atom stereocenters. The molecule has 1 saturated heterocycles. The maximum atomic E-state index is 6.24. The standard InChI is InChI=1S/C18H19N3OS/c1-20-18(17-8-5-11-23-17,13-21-10-9-19-14-21)12-16(22-20)15-6-3-2-4-7-15/h2-11,14,16H,12-13H2,1H3. The summed E-state index contributed by atoms with van der Waals surface area (Å²) < 4.78 is 2.13. The first-order valence-electron chi connectivity index (χ1n) is 7.73. The van der Waals surface area contributed by atoms with E-state index in [0.717, 1.165) is 13.0 Å². The molecule has 1 fully saturated rings. The van der Waals surface area contributed by atoms with Crippen LogP contribution in [0.1, 0.15) is 23.0 Å². The van der Waals surface area contributed by atoms with Gasteiger partial charge < -0.3 is 4.57 Å². The lowest BCUT2D eigenvalue weighted by molar-refractivity contribution is -0.175. The Morgan fingerprint density at radius 1 is 1.26 bits per heavy atom. The summed E-state index contributed by atoms with van der Waals surface area (Å²) in [5.41, 5.74) is 1.05. The van der Waals surface area contributed by atoms with E-state index in [2.05, 4.69) is 51.3 Å². The molecule has 0 amide bonds. The van der Waals surface area contributed by atoms with E-state index in [4.69, 9.17) is 4.84 Å².